The van der Waals surface area contributed by atoms with E-state index in [1.54, 1.807) is 23.1 Å². The molecule has 0 bridgehead atoms. The number of piperidine rings is 1. The maximum Gasteiger partial charge on any atom is 0.412 e. The van der Waals surface area contributed by atoms with Crippen molar-refractivity contribution in [3.05, 3.63) is 54.1 Å². The Balaban J connectivity index is 1.48. The molecule has 0 saturated carbocycles. The molecule has 1 aliphatic heterocycles. The van der Waals surface area contributed by atoms with Gasteiger partial charge in [0.05, 0.1) is 12.3 Å². The topological polar surface area (TPSA) is 103 Å². The number of carbonyl (C=O) groups is 3. The molecule has 0 radical (unpaired) electrons. The van der Waals surface area contributed by atoms with Crippen molar-refractivity contribution in [3.63, 3.8) is 0 Å². The lowest BCUT2D eigenvalue weighted by Gasteiger charge is -2.33. The Kier molecular flexibility index (Phi) is 13.0. The number of unbranched alkanes of at least 4 members (excludes halogenated alkanes) is 2. The van der Waals surface area contributed by atoms with Crippen LogP contribution in [0.1, 0.15) is 84.6 Å². The Morgan fingerprint density at radius 3 is 2.40 bits per heavy atom. The summed E-state index contributed by atoms with van der Waals surface area (Å²) in [6.45, 7) is 9.71. The number of benzene rings is 2. The molecule has 0 unspecified atom stereocenters. The fourth-order valence-electron chi connectivity index (χ4n) is 4.62. The molecule has 0 spiro atoms. The molecule has 0 aliphatic carbocycles. The van der Waals surface area contributed by atoms with Gasteiger partial charge in [-0.25, -0.2) is 9.59 Å². The average Bonchev–Trinajstić information content (AvgIpc) is 2.96. The van der Waals surface area contributed by atoms with E-state index in [4.69, 9.17) is 18.9 Å². The van der Waals surface area contributed by atoms with Crippen LogP contribution in [0.2, 0.25) is 0 Å². The molecule has 1 saturated heterocycles. The monoisotopic (exact) mass is 582 g/mol. The summed E-state index contributed by atoms with van der Waals surface area (Å²) in [5, 5.41) is 2.74. The van der Waals surface area contributed by atoms with Crippen LogP contribution in [0.15, 0.2) is 48.5 Å². The molecule has 1 N–H and O–H groups in total. The lowest BCUT2D eigenvalue weighted by atomic mass is 9.92. The largest absolute Gasteiger partial charge is 0.491 e. The normalized spacial score (nSPS) is 13.8. The van der Waals surface area contributed by atoms with E-state index in [-0.39, 0.29) is 18.7 Å². The molecule has 230 valence electrons. The third-order valence-electron chi connectivity index (χ3n) is 6.90. The van der Waals surface area contributed by atoms with Crippen LogP contribution in [0.4, 0.5) is 15.3 Å². The van der Waals surface area contributed by atoms with Crippen LogP contribution in [0.5, 0.6) is 11.5 Å². The number of rotatable bonds is 13. The van der Waals surface area contributed by atoms with E-state index in [2.05, 4.69) is 5.32 Å². The highest BCUT2D eigenvalue weighted by Crippen LogP contribution is 2.31. The molecule has 1 aliphatic rings. The van der Waals surface area contributed by atoms with Gasteiger partial charge < -0.3 is 23.8 Å². The van der Waals surface area contributed by atoms with Crippen molar-refractivity contribution in [2.45, 2.75) is 91.3 Å². The second kappa shape index (κ2) is 16.6. The molecule has 9 heteroatoms. The predicted molar refractivity (Wildman–Crippen MR) is 162 cm³/mol. The number of hydrogen-bond donors (Lipinski definition) is 1. The average molecular weight is 583 g/mol. The van der Waals surface area contributed by atoms with Crippen molar-refractivity contribution in [1.82, 2.24) is 4.90 Å². The molecule has 42 heavy (non-hydrogen) atoms. The summed E-state index contributed by atoms with van der Waals surface area (Å²) >= 11 is 0. The fraction of sp³-hybridized carbons (Fsp3) is 0.545. The van der Waals surface area contributed by atoms with Crippen molar-refractivity contribution in [3.8, 4) is 11.5 Å². The minimum Gasteiger partial charge on any atom is -0.491 e. The van der Waals surface area contributed by atoms with E-state index in [0.717, 1.165) is 63.6 Å². The van der Waals surface area contributed by atoms with Crippen molar-refractivity contribution >= 4 is 23.8 Å². The molecule has 0 atom stereocenters. The van der Waals surface area contributed by atoms with Gasteiger partial charge in [0, 0.05) is 25.6 Å². The molecular weight excluding hydrogens is 536 g/mol. The highest BCUT2D eigenvalue weighted by Gasteiger charge is 2.26. The van der Waals surface area contributed by atoms with Gasteiger partial charge in [-0.1, -0.05) is 50.1 Å². The van der Waals surface area contributed by atoms with E-state index in [1.165, 1.54) is 0 Å². The number of likely N-dealkylation sites (tertiary alicyclic amines) is 1. The first-order valence-corrected chi connectivity index (χ1v) is 15.1. The molecular formula is C33H46N2O7. The van der Waals surface area contributed by atoms with Crippen molar-refractivity contribution < 1.29 is 33.3 Å². The summed E-state index contributed by atoms with van der Waals surface area (Å²) in [6, 6.07) is 14.4. The van der Waals surface area contributed by atoms with Gasteiger partial charge in [-0.15, -0.1) is 0 Å². The second-order valence-corrected chi connectivity index (χ2v) is 11.7. The standard InChI is InChI=1S/C33H46N2O7/c1-5-6-15-30(36)41-27-16-17-29(28(23-27)34-31(37)40-24-26-13-8-7-9-14-26)39-22-11-10-12-25-18-20-35(21-19-25)32(38)42-33(2,3)4/h7-9,13-14,16-17,23,25H,5-6,10-12,15,18-22,24H2,1-4H3,(H,34,37). The zero-order valence-corrected chi connectivity index (χ0v) is 25.5. The van der Waals surface area contributed by atoms with Gasteiger partial charge in [-0.3, -0.25) is 10.1 Å². The Labute approximate surface area is 249 Å². The number of nitrogens with zero attached hydrogens (tertiary/aromatic N) is 1. The molecule has 2 amide bonds. The van der Waals surface area contributed by atoms with Crippen LogP contribution in [-0.2, 0) is 20.9 Å². The number of carbonyl (C=O) groups excluding carboxylic acids is 3. The molecule has 1 heterocycles. The van der Waals surface area contributed by atoms with Gasteiger partial charge in [-0.2, -0.15) is 0 Å². The van der Waals surface area contributed by atoms with Gasteiger partial charge in [0.2, 0.25) is 0 Å². The SMILES string of the molecule is CCCCC(=O)Oc1ccc(OCCCCC2CCN(C(=O)OC(C)(C)C)CC2)c(NC(=O)OCc2ccccc2)c1. The lowest BCUT2D eigenvalue weighted by molar-refractivity contribution is -0.134. The summed E-state index contributed by atoms with van der Waals surface area (Å²) in [6.07, 6.45) is 5.96. The molecule has 2 aromatic rings. The molecule has 2 aromatic carbocycles. The van der Waals surface area contributed by atoms with Crippen molar-refractivity contribution in [2.75, 3.05) is 25.0 Å². The number of nitrogens with one attached hydrogen (secondary N) is 1. The molecule has 3 rings (SSSR count). The van der Waals surface area contributed by atoms with Crippen LogP contribution in [-0.4, -0.2) is 48.4 Å². The van der Waals surface area contributed by atoms with Crippen molar-refractivity contribution in [2.24, 2.45) is 5.92 Å². The Bertz CT molecular complexity index is 1140. The number of ether oxygens (including phenoxy) is 4. The van der Waals surface area contributed by atoms with Gasteiger partial charge in [-0.05, 0) is 76.5 Å². The first kappa shape index (κ1) is 32.8. The minimum atomic E-state index is -0.629. The van der Waals surface area contributed by atoms with E-state index in [9.17, 15) is 14.4 Å². The van der Waals surface area contributed by atoms with Crippen LogP contribution >= 0.6 is 0 Å². The van der Waals surface area contributed by atoms with Gasteiger partial charge >= 0.3 is 18.2 Å². The number of hydrogen-bond acceptors (Lipinski definition) is 7. The predicted octanol–water partition coefficient (Wildman–Crippen LogP) is 7.73. The molecule has 0 aromatic heterocycles. The Hall–Kier alpha value is -3.75. The quantitative estimate of drug-likeness (QED) is 0.146. The summed E-state index contributed by atoms with van der Waals surface area (Å²) in [5.41, 5.74) is 0.771. The Morgan fingerprint density at radius 1 is 0.976 bits per heavy atom. The van der Waals surface area contributed by atoms with Crippen LogP contribution < -0.4 is 14.8 Å². The minimum absolute atomic E-state index is 0.130. The van der Waals surface area contributed by atoms with Crippen LogP contribution in [0.25, 0.3) is 0 Å². The zero-order chi connectivity index (χ0) is 30.4. The summed E-state index contributed by atoms with van der Waals surface area (Å²) in [7, 11) is 0. The highest BCUT2D eigenvalue weighted by molar-refractivity contribution is 5.87. The van der Waals surface area contributed by atoms with Crippen LogP contribution in [0.3, 0.4) is 0 Å². The highest BCUT2D eigenvalue weighted by atomic mass is 16.6. The van der Waals surface area contributed by atoms with E-state index < -0.39 is 11.7 Å². The first-order chi connectivity index (χ1) is 20.1. The fourth-order valence-corrected chi connectivity index (χ4v) is 4.62. The summed E-state index contributed by atoms with van der Waals surface area (Å²) in [5.74, 6) is 1.06. The third-order valence-corrected chi connectivity index (χ3v) is 6.90. The zero-order valence-electron chi connectivity index (χ0n) is 25.5. The second-order valence-electron chi connectivity index (χ2n) is 11.7. The maximum absolute atomic E-state index is 12.6. The molecule has 1 fully saturated rings. The smallest absolute Gasteiger partial charge is 0.412 e. The summed E-state index contributed by atoms with van der Waals surface area (Å²) in [4.78, 5) is 38.8. The van der Waals surface area contributed by atoms with Crippen LogP contribution in [0, 0.1) is 5.92 Å². The van der Waals surface area contributed by atoms with E-state index >= 15 is 0 Å². The van der Waals surface area contributed by atoms with Gasteiger partial charge in [0.1, 0.15) is 23.7 Å². The van der Waals surface area contributed by atoms with E-state index in [0.29, 0.717) is 36.1 Å². The maximum atomic E-state index is 12.6. The molecule has 9 nitrogen and oxygen atoms in total. The number of amides is 2. The van der Waals surface area contributed by atoms with Crippen molar-refractivity contribution in [1.29, 1.82) is 0 Å². The van der Waals surface area contributed by atoms with Gasteiger partial charge in [0.25, 0.3) is 0 Å². The number of esters is 1. The van der Waals surface area contributed by atoms with Gasteiger partial charge in [0.15, 0.2) is 0 Å². The summed E-state index contributed by atoms with van der Waals surface area (Å²) < 4.78 is 22.4. The first-order valence-electron chi connectivity index (χ1n) is 15.1. The third kappa shape index (κ3) is 12.0. The van der Waals surface area contributed by atoms with E-state index in [1.807, 2.05) is 58.0 Å². The Morgan fingerprint density at radius 2 is 1.71 bits per heavy atom. The lowest BCUT2D eigenvalue weighted by Crippen LogP contribution is -2.41. The number of anilines is 1.